The van der Waals surface area contributed by atoms with Crippen molar-refractivity contribution in [2.75, 3.05) is 12.4 Å². The van der Waals surface area contributed by atoms with E-state index in [2.05, 4.69) is 18.8 Å². The SMILES string of the molecule is CCOC(=O)C1=NC(C(C)C)SC1. The lowest BCUT2D eigenvalue weighted by molar-refractivity contribution is -0.135. The van der Waals surface area contributed by atoms with Crippen molar-refractivity contribution in [2.24, 2.45) is 10.9 Å². The summed E-state index contributed by atoms with van der Waals surface area (Å²) in [5.74, 6) is 0.928. The summed E-state index contributed by atoms with van der Waals surface area (Å²) in [4.78, 5) is 15.6. The molecular formula is C9H15NO2S. The number of esters is 1. The molecule has 0 amide bonds. The number of carbonyl (C=O) groups excluding carboxylic acids is 1. The zero-order chi connectivity index (χ0) is 9.84. The van der Waals surface area contributed by atoms with Gasteiger partial charge in [0.15, 0.2) is 0 Å². The van der Waals surface area contributed by atoms with Crippen molar-refractivity contribution >= 4 is 23.4 Å². The Hall–Kier alpha value is -0.510. The van der Waals surface area contributed by atoms with Gasteiger partial charge in [0.05, 0.1) is 12.0 Å². The molecule has 1 rings (SSSR count). The molecule has 1 aliphatic heterocycles. The fourth-order valence-electron chi connectivity index (χ4n) is 1.06. The van der Waals surface area contributed by atoms with Crippen molar-refractivity contribution in [2.45, 2.75) is 26.1 Å². The van der Waals surface area contributed by atoms with Crippen LogP contribution < -0.4 is 0 Å². The Morgan fingerprint density at radius 2 is 2.46 bits per heavy atom. The number of carbonyl (C=O) groups is 1. The Morgan fingerprint density at radius 1 is 1.77 bits per heavy atom. The Kier molecular flexibility index (Phi) is 3.78. The molecular weight excluding hydrogens is 186 g/mol. The van der Waals surface area contributed by atoms with Gasteiger partial charge in [-0.25, -0.2) is 4.79 Å². The van der Waals surface area contributed by atoms with Crippen LogP contribution in [0.2, 0.25) is 0 Å². The van der Waals surface area contributed by atoms with E-state index in [1.54, 1.807) is 18.7 Å². The van der Waals surface area contributed by atoms with Crippen LogP contribution in [0, 0.1) is 5.92 Å². The highest BCUT2D eigenvalue weighted by Crippen LogP contribution is 2.26. The molecule has 0 aromatic heterocycles. The minimum absolute atomic E-state index is 0.236. The summed E-state index contributed by atoms with van der Waals surface area (Å²) in [6, 6.07) is 0. The first kappa shape index (κ1) is 10.6. The van der Waals surface area contributed by atoms with E-state index >= 15 is 0 Å². The van der Waals surface area contributed by atoms with E-state index in [1.165, 1.54) is 0 Å². The van der Waals surface area contributed by atoms with Gasteiger partial charge in [-0.15, -0.1) is 11.8 Å². The first-order valence-corrected chi connectivity index (χ1v) is 5.55. The third kappa shape index (κ3) is 2.72. The number of rotatable bonds is 3. The van der Waals surface area contributed by atoms with Gasteiger partial charge < -0.3 is 4.74 Å². The van der Waals surface area contributed by atoms with Crippen molar-refractivity contribution < 1.29 is 9.53 Å². The van der Waals surface area contributed by atoms with Crippen molar-refractivity contribution in [1.82, 2.24) is 0 Å². The molecule has 0 radical (unpaired) electrons. The number of thioether (sulfide) groups is 1. The molecule has 0 bridgehead atoms. The van der Waals surface area contributed by atoms with E-state index in [-0.39, 0.29) is 11.3 Å². The van der Waals surface area contributed by atoms with Gasteiger partial charge in [-0.1, -0.05) is 13.8 Å². The molecule has 0 aromatic carbocycles. The molecule has 13 heavy (non-hydrogen) atoms. The largest absolute Gasteiger partial charge is 0.461 e. The van der Waals surface area contributed by atoms with Crippen molar-refractivity contribution in [3.8, 4) is 0 Å². The van der Waals surface area contributed by atoms with Crippen molar-refractivity contribution in [1.29, 1.82) is 0 Å². The van der Waals surface area contributed by atoms with Crippen LogP contribution in [0.4, 0.5) is 0 Å². The lowest BCUT2D eigenvalue weighted by atomic mass is 10.2. The maximum Gasteiger partial charge on any atom is 0.353 e. The maximum absolute atomic E-state index is 11.2. The topological polar surface area (TPSA) is 38.7 Å². The molecule has 0 fully saturated rings. The maximum atomic E-state index is 11.2. The Morgan fingerprint density at radius 3 is 2.92 bits per heavy atom. The summed E-state index contributed by atoms with van der Waals surface area (Å²) < 4.78 is 4.87. The molecule has 0 spiro atoms. The van der Waals surface area contributed by atoms with Gasteiger partial charge in [-0.05, 0) is 12.8 Å². The van der Waals surface area contributed by atoms with Gasteiger partial charge >= 0.3 is 5.97 Å². The van der Waals surface area contributed by atoms with Gasteiger partial charge in [0, 0.05) is 5.75 Å². The molecule has 0 saturated heterocycles. The zero-order valence-electron chi connectivity index (χ0n) is 8.24. The summed E-state index contributed by atoms with van der Waals surface area (Å²) in [5.41, 5.74) is 0.588. The molecule has 0 saturated carbocycles. The third-order valence-corrected chi connectivity index (χ3v) is 3.19. The van der Waals surface area contributed by atoms with Gasteiger partial charge in [0.2, 0.25) is 0 Å². The summed E-state index contributed by atoms with van der Waals surface area (Å²) >= 11 is 1.71. The van der Waals surface area contributed by atoms with Crippen LogP contribution >= 0.6 is 11.8 Å². The second-order valence-corrected chi connectivity index (χ2v) is 4.35. The van der Waals surface area contributed by atoms with Gasteiger partial charge in [-0.2, -0.15) is 0 Å². The first-order chi connectivity index (χ1) is 6.15. The molecule has 0 aromatic rings. The standard InChI is InChI=1S/C9H15NO2S/c1-4-12-9(11)7-5-13-8(10-7)6(2)3/h6,8H,4-5H2,1-3H3. The Labute approximate surface area is 82.9 Å². The van der Waals surface area contributed by atoms with Gasteiger partial charge in [0.25, 0.3) is 0 Å². The molecule has 1 heterocycles. The van der Waals surface area contributed by atoms with E-state index in [0.717, 1.165) is 0 Å². The van der Waals surface area contributed by atoms with Crippen LogP contribution in [0.1, 0.15) is 20.8 Å². The van der Waals surface area contributed by atoms with Crippen LogP contribution in [0.15, 0.2) is 4.99 Å². The molecule has 74 valence electrons. The minimum Gasteiger partial charge on any atom is -0.461 e. The van der Waals surface area contributed by atoms with Crippen molar-refractivity contribution in [3.05, 3.63) is 0 Å². The van der Waals surface area contributed by atoms with Gasteiger partial charge in [-0.3, -0.25) is 4.99 Å². The van der Waals surface area contributed by atoms with E-state index in [9.17, 15) is 4.79 Å². The molecule has 4 heteroatoms. The number of hydrogen-bond acceptors (Lipinski definition) is 4. The Bertz CT molecular complexity index is 226. The molecule has 1 atom stereocenters. The minimum atomic E-state index is -0.252. The number of nitrogens with zero attached hydrogens (tertiary/aromatic N) is 1. The van der Waals surface area contributed by atoms with Gasteiger partial charge in [0.1, 0.15) is 5.71 Å². The average Bonchev–Trinajstić information content (AvgIpc) is 2.52. The lowest BCUT2D eigenvalue weighted by Gasteiger charge is -2.08. The first-order valence-electron chi connectivity index (χ1n) is 4.50. The average molecular weight is 201 g/mol. The summed E-state index contributed by atoms with van der Waals surface area (Å²) in [6.45, 7) is 6.44. The monoisotopic (exact) mass is 201 g/mol. The smallest absolute Gasteiger partial charge is 0.353 e. The highest BCUT2D eigenvalue weighted by molar-refractivity contribution is 8.01. The van der Waals surface area contributed by atoms with Crippen LogP contribution in [0.25, 0.3) is 0 Å². The van der Waals surface area contributed by atoms with E-state index in [4.69, 9.17) is 4.74 Å². The summed E-state index contributed by atoms with van der Waals surface area (Å²) in [7, 11) is 0. The van der Waals surface area contributed by atoms with E-state index in [1.807, 2.05) is 0 Å². The van der Waals surface area contributed by atoms with E-state index < -0.39 is 0 Å². The molecule has 0 N–H and O–H groups in total. The second kappa shape index (κ2) is 4.65. The van der Waals surface area contributed by atoms with E-state index in [0.29, 0.717) is 24.0 Å². The van der Waals surface area contributed by atoms with Crippen LogP contribution in [-0.2, 0) is 9.53 Å². The number of aliphatic imine (C=N–C) groups is 1. The summed E-state index contributed by atoms with van der Waals surface area (Å²) in [5, 5.41) is 0.236. The Balaban J connectivity index is 2.53. The van der Waals surface area contributed by atoms with Crippen LogP contribution in [0.3, 0.4) is 0 Å². The highest BCUT2D eigenvalue weighted by Gasteiger charge is 2.25. The van der Waals surface area contributed by atoms with Crippen LogP contribution in [0.5, 0.6) is 0 Å². The zero-order valence-corrected chi connectivity index (χ0v) is 9.06. The second-order valence-electron chi connectivity index (χ2n) is 3.24. The highest BCUT2D eigenvalue weighted by atomic mass is 32.2. The lowest BCUT2D eigenvalue weighted by Crippen LogP contribution is -2.17. The normalized spacial score (nSPS) is 21.8. The molecule has 1 aliphatic rings. The number of hydrogen-bond donors (Lipinski definition) is 0. The fraction of sp³-hybridized carbons (Fsp3) is 0.778. The van der Waals surface area contributed by atoms with Crippen LogP contribution in [-0.4, -0.2) is 29.4 Å². The predicted molar refractivity (Wildman–Crippen MR) is 55.2 cm³/mol. The third-order valence-electron chi connectivity index (χ3n) is 1.76. The molecule has 3 nitrogen and oxygen atoms in total. The van der Waals surface area contributed by atoms with Crippen molar-refractivity contribution in [3.63, 3.8) is 0 Å². The fourth-order valence-corrected chi connectivity index (χ4v) is 2.17. The number of ether oxygens (including phenoxy) is 1. The molecule has 0 aliphatic carbocycles. The summed E-state index contributed by atoms with van der Waals surface area (Å²) in [6.07, 6.45) is 0. The predicted octanol–water partition coefficient (Wildman–Crippen LogP) is 1.72. The molecule has 1 unspecified atom stereocenters. The quantitative estimate of drug-likeness (QED) is 0.653.